The average molecular weight is 342 g/mol. The fourth-order valence-electron chi connectivity index (χ4n) is 2.25. The third-order valence-electron chi connectivity index (χ3n) is 3.43. The van der Waals surface area contributed by atoms with Gasteiger partial charge in [0.05, 0.1) is 18.1 Å². The van der Waals surface area contributed by atoms with E-state index >= 15 is 0 Å². The first-order valence-electron chi connectivity index (χ1n) is 6.70. The normalized spacial score (nSPS) is 16.9. The lowest BCUT2D eigenvalue weighted by Gasteiger charge is -2.29. The molecule has 0 bridgehead atoms. The highest BCUT2D eigenvalue weighted by Gasteiger charge is 2.18. The number of carbonyl (C=O) groups excluding carboxylic acids is 1. The summed E-state index contributed by atoms with van der Waals surface area (Å²) in [6.07, 6.45) is 1.92. The topological polar surface area (TPSA) is 67.6 Å². The summed E-state index contributed by atoms with van der Waals surface area (Å²) in [6, 6.07) is 5.78. The highest BCUT2D eigenvalue weighted by atomic mass is 79.9. The summed E-state index contributed by atoms with van der Waals surface area (Å²) in [5.74, 6) is 0.691. The van der Waals surface area contributed by atoms with Crippen molar-refractivity contribution >= 4 is 27.5 Å². The van der Waals surface area contributed by atoms with Crippen molar-refractivity contribution in [3.63, 3.8) is 0 Å². The van der Waals surface area contributed by atoms with Crippen molar-refractivity contribution in [1.82, 2.24) is 4.90 Å². The summed E-state index contributed by atoms with van der Waals surface area (Å²) in [6.45, 7) is 2.18. The molecule has 6 heteroatoms. The summed E-state index contributed by atoms with van der Waals surface area (Å²) in [5.41, 5.74) is 6.59. The SMILES string of the molecule is COc1cc(NC(=O)CN2CCC(N)CC2)ccc1Br. The number of anilines is 1. The number of carbonyl (C=O) groups is 1. The number of likely N-dealkylation sites (tertiary alicyclic amines) is 1. The number of piperidine rings is 1. The number of nitrogens with two attached hydrogens (primary N) is 1. The number of rotatable bonds is 4. The largest absolute Gasteiger partial charge is 0.495 e. The average Bonchev–Trinajstić information content (AvgIpc) is 2.43. The third-order valence-corrected chi connectivity index (χ3v) is 4.09. The van der Waals surface area contributed by atoms with Gasteiger partial charge in [-0.1, -0.05) is 0 Å². The molecule has 0 saturated carbocycles. The van der Waals surface area contributed by atoms with Gasteiger partial charge in [-0.25, -0.2) is 0 Å². The Bertz CT molecular complexity index is 473. The van der Waals surface area contributed by atoms with Gasteiger partial charge >= 0.3 is 0 Å². The van der Waals surface area contributed by atoms with Crippen LogP contribution in [0.25, 0.3) is 0 Å². The summed E-state index contributed by atoms with van der Waals surface area (Å²) in [4.78, 5) is 14.1. The molecule has 1 saturated heterocycles. The van der Waals surface area contributed by atoms with Gasteiger partial charge in [-0.05, 0) is 40.9 Å². The number of hydrogen-bond acceptors (Lipinski definition) is 4. The van der Waals surface area contributed by atoms with Gasteiger partial charge in [0, 0.05) is 30.9 Å². The molecular weight excluding hydrogens is 322 g/mol. The Hall–Kier alpha value is -1.11. The molecule has 5 nitrogen and oxygen atoms in total. The van der Waals surface area contributed by atoms with Crippen molar-refractivity contribution in [2.24, 2.45) is 5.73 Å². The maximum Gasteiger partial charge on any atom is 0.238 e. The first kappa shape index (κ1) is 15.3. The lowest BCUT2D eigenvalue weighted by molar-refractivity contribution is -0.117. The predicted octanol–water partition coefficient (Wildman–Crippen LogP) is 1.82. The predicted molar refractivity (Wildman–Crippen MR) is 83.0 cm³/mol. The Morgan fingerprint density at radius 1 is 1.50 bits per heavy atom. The number of amides is 1. The molecule has 0 radical (unpaired) electrons. The number of halogens is 1. The van der Waals surface area contributed by atoms with Crippen molar-refractivity contribution in [3.8, 4) is 5.75 Å². The monoisotopic (exact) mass is 341 g/mol. The standard InChI is InChI=1S/C14H20BrN3O2/c1-20-13-8-11(2-3-12(13)15)17-14(19)9-18-6-4-10(16)5-7-18/h2-3,8,10H,4-7,9,16H2,1H3,(H,17,19). The first-order chi connectivity index (χ1) is 9.58. The number of nitrogens with zero attached hydrogens (tertiary/aromatic N) is 1. The molecule has 1 heterocycles. The van der Waals surface area contributed by atoms with E-state index in [-0.39, 0.29) is 11.9 Å². The second kappa shape index (κ2) is 7.06. The molecular formula is C14H20BrN3O2. The van der Waals surface area contributed by atoms with Gasteiger partial charge in [0.2, 0.25) is 5.91 Å². The minimum atomic E-state index is -0.00940. The Kier molecular flexibility index (Phi) is 5.39. The molecule has 2 rings (SSSR count). The Balaban J connectivity index is 1.88. The lowest BCUT2D eigenvalue weighted by atomic mass is 10.1. The van der Waals surface area contributed by atoms with Crippen LogP contribution in [0.5, 0.6) is 5.75 Å². The molecule has 1 fully saturated rings. The van der Waals surface area contributed by atoms with E-state index in [2.05, 4.69) is 26.1 Å². The van der Waals surface area contributed by atoms with Gasteiger partial charge in [0.15, 0.2) is 0 Å². The zero-order valence-corrected chi connectivity index (χ0v) is 13.1. The van der Waals surface area contributed by atoms with Gasteiger partial charge < -0.3 is 15.8 Å². The summed E-state index contributed by atoms with van der Waals surface area (Å²) < 4.78 is 6.07. The van der Waals surface area contributed by atoms with E-state index in [0.717, 1.165) is 36.1 Å². The molecule has 1 amide bonds. The molecule has 1 aromatic carbocycles. The van der Waals surface area contributed by atoms with Gasteiger partial charge in [0.25, 0.3) is 0 Å². The van der Waals surface area contributed by atoms with Gasteiger partial charge in [-0.2, -0.15) is 0 Å². The number of methoxy groups -OCH3 is 1. The maximum atomic E-state index is 12.0. The number of benzene rings is 1. The van der Waals surface area contributed by atoms with E-state index in [1.807, 2.05) is 12.1 Å². The molecule has 0 atom stereocenters. The van der Waals surface area contributed by atoms with Crippen molar-refractivity contribution < 1.29 is 9.53 Å². The van der Waals surface area contributed by atoms with Crippen LogP contribution in [0.3, 0.4) is 0 Å². The quantitative estimate of drug-likeness (QED) is 0.876. The Morgan fingerprint density at radius 2 is 2.20 bits per heavy atom. The van der Waals surface area contributed by atoms with Crippen molar-refractivity contribution in [2.75, 3.05) is 32.1 Å². The second-order valence-corrected chi connectivity index (χ2v) is 5.87. The Morgan fingerprint density at radius 3 is 2.85 bits per heavy atom. The van der Waals surface area contributed by atoms with Crippen LogP contribution in [0, 0.1) is 0 Å². The third kappa shape index (κ3) is 4.19. The molecule has 20 heavy (non-hydrogen) atoms. The lowest BCUT2D eigenvalue weighted by Crippen LogP contribution is -2.43. The number of nitrogens with one attached hydrogen (secondary N) is 1. The highest BCUT2D eigenvalue weighted by Crippen LogP contribution is 2.27. The van der Waals surface area contributed by atoms with E-state index in [1.54, 1.807) is 13.2 Å². The van der Waals surface area contributed by atoms with Crippen LogP contribution in [-0.4, -0.2) is 43.6 Å². The highest BCUT2D eigenvalue weighted by molar-refractivity contribution is 9.10. The fraction of sp³-hybridized carbons (Fsp3) is 0.500. The van der Waals surface area contributed by atoms with Crippen LogP contribution in [0.2, 0.25) is 0 Å². The van der Waals surface area contributed by atoms with Crippen molar-refractivity contribution in [1.29, 1.82) is 0 Å². The van der Waals surface area contributed by atoms with Crippen molar-refractivity contribution in [2.45, 2.75) is 18.9 Å². The fourth-order valence-corrected chi connectivity index (χ4v) is 2.66. The smallest absolute Gasteiger partial charge is 0.238 e. The van der Waals surface area contributed by atoms with Gasteiger partial charge in [-0.3, -0.25) is 9.69 Å². The van der Waals surface area contributed by atoms with Crippen LogP contribution in [-0.2, 0) is 4.79 Å². The summed E-state index contributed by atoms with van der Waals surface area (Å²) in [7, 11) is 1.60. The molecule has 1 aromatic rings. The molecule has 1 aliphatic heterocycles. The van der Waals surface area contributed by atoms with Crippen LogP contribution < -0.4 is 15.8 Å². The van der Waals surface area contributed by atoms with Crippen LogP contribution in [0.1, 0.15) is 12.8 Å². The van der Waals surface area contributed by atoms with E-state index in [0.29, 0.717) is 12.3 Å². The van der Waals surface area contributed by atoms with Crippen LogP contribution >= 0.6 is 15.9 Å². The molecule has 3 N–H and O–H groups in total. The molecule has 0 spiro atoms. The molecule has 0 aliphatic carbocycles. The number of ether oxygens (including phenoxy) is 1. The molecule has 0 aromatic heterocycles. The Labute approximate surface area is 127 Å². The molecule has 110 valence electrons. The zero-order chi connectivity index (χ0) is 14.5. The van der Waals surface area contributed by atoms with Crippen LogP contribution in [0.15, 0.2) is 22.7 Å². The molecule has 0 unspecified atom stereocenters. The minimum Gasteiger partial charge on any atom is -0.495 e. The maximum absolute atomic E-state index is 12.0. The minimum absolute atomic E-state index is 0.00940. The van der Waals surface area contributed by atoms with E-state index < -0.39 is 0 Å². The van der Waals surface area contributed by atoms with E-state index in [4.69, 9.17) is 10.5 Å². The summed E-state index contributed by atoms with van der Waals surface area (Å²) in [5, 5.41) is 2.89. The van der Waals surface area contributed by atoms with Crippen LogP contribution in [0.4, 0.5) is 5.69 Å². The van der Waals surface area contributed by atoms with Gasteiger partial charge in [-0.15, -0.1) is 0 Å². The van der Waals surface area contributed by atoms with E-state index in [9.17, 15) is 4.79 Å². The first-order valence-corrected chi connectivity index (χ1v) is 7.49. The molecule has 1 aliphatic rings. The van der Waals surface area contributed by atoms with Gasteiger partial charge in [0.1, 0.15) is 5.75 Å². The second-order valence-electron chi connectivity index (χ2n) is 5.01. The van der Waals surface area contributed by atoms with Crippen molar-refractivity contribution in [3.05, 3.63) is 22.7 Å². The van der Waals surface area contributed by atoms with E-state index in [1.165, 1.54) is 0 Å². The summed E-state index contributed by atoms with van der Waals surface area (Å²) >= 11 is 3.38. The number of hydrogen-bond donors (Lipinski definition) is 2. The zero-order valence-electron chi connectivity index (χ0n) is 11.6.